The first-order valence-corrected chi connectivity index (χ1v) is 8.33. The van der Waals surface area contributed by atoms with Crippen LogP contribution in [0.1, 0.15) is 36.3 Å². The number of benzene rings is 2. The molecule has 118 valence electrons. The monoisotopic (exact) mass is 306 g/mol. The van der Waals surface area contributed by atoms with E-state index in [0.717, 1.165) is 18.7 Å². The molecule has 0 amide bonds. The van der Waals surface area contributed by atoms with Crippen LogP contribution in [0.15, 0.2) is 65.8 Å². The molecule has 1 saturated heterocycles. The summed E-state index contributed by atoms with van der Waals surface area (Å²) in [5.74, 6) is 0.790. The van der Waals surface area contributed by atoms with Crippen LogP contribution in [0.4, 0.5) is 0 Å². The van der Waals surface area contributed by atoms with Gasteiger partial charge in [0.1, 0.15) is 6.61 Å². The van der Waals surface area contributed by atoms with Crippen molar-refractivity contribution in [3.05, 3.63) is 71.8 Å². The molecule has 0 aliphatic carbocycles. The Hall–Kier alpha value is -2.13. The fourth-order valence-corrected chi connectivity index (χ4v) is 4.14. The van der Waals surface area contributed by atoms with Crippen LogP contribution in [0.2, 0.25) is 0 Å². The predicted octanol–water partition coefficient (Wildman–Crippen LogP) is 3.69. The van der Waals surface area contributed by atoms with Crippen molar-refractivity contribution in [1.82, 2.24) is 5.32 Å². The number of hydrogen-bond donors (Lipinski definition) is 1. The van der Waals surface area contributed by atoms with Gasteiger partial charge < -0.3 is 10.2 Å². The Balaban J connectivity index is 1.79. The zero-order valence-corrected chi connectivity index (χ0v) is 13.4. The first kappa shape index (κ1) is 14.5. The third-order valence-corrected chi connectivity index (χ3v) is 5.30. The molecule has 0 unspecified atom stereocenters. The Morgan fingerprint density at radius 1 is 1.00 bits per heavy atom. The highest BCUT2D eigenvalue weighted by Crippen LogP contribution is 2.46. The minimum absolute atomic E-state index is 0.154. The summed E-state index contributed by atoms with van der Waals surface area (Å²) in [6.07, 6.45) is 0.911. The summed E-state index contributed by atoms with van der Waals surface area (Å²) in [6, 6.07) is 21.6. The van der Waals surface area contributed by atoms with Crippen molar-refractivity contribution in [3.63, 3.8) is 0 Å². The average Bonchev–Trinajstić information content (AvgIpc) is 3.25. The lowest BCUT2D eigenvalue weighted by molar-refractivity contribution is 0.173. The van der Waals surface area contributed by atoms with Gasteiger partial charge in [-0.05, 0) is 18.1 Å². The molecule has 0 saturated carbocycles. The third kappa shape index (κ3) is 2.45. The molecule has 3 atom stereocenters. The Morgan fingerprint density at radius 3 is 2.26 bits per heavy atom. The normalized spacial score (nSPS) is 30.0. The average molecular weight is 306 g/mol. The zero-order valence-electron chi connectivity index (χ0n) is 13.4. The molecule has 3 nitrogen and oxygen atoms in total. The predicted molar refractivity (Wildman–Crippen MR) is 92.8 cm³/mol. The maximum absolute atomic E-state index is 5.31. The Morgan fingerprint density at radius 2 is 1.65 bits per heavy atom. The van der Waals surface area contributed by atoms with Crippen molar-refractivity contribution in [2.75, 3.05) is 13.2 Å². The molecule has 0 spiro atoms. The van der Waals surface area contributed by atoms with Crippen LogP contribution in [-0.2, 0) is 4.84 Å². The molecule has 2 aromatic carbocycles. The van der Waals surface area contributed by atoms with Gasteiger partial charge in [0.05, 0.1) is 11.3 Å². The van der Waals surface area contributed by atoms with Gasteiger partial charge in [-0.1, -0.05) is 65.8 Å². The topological polar surface area (TPSA) is 33.6 Å². The molecule has 2 aliphatic rings. The lowest BCUT2D eigenvalue weighted by atomic mass is 9.71. The van der Waals surface area contributed by atoms with Gasteiger partial charge in [-0.25, -0.2) is 0 Å². The number of rotatable bonds is 3. The smallest absolute Gasteiger partial charge is 0.122 e. The lowest BCUT2D eigenvalue weighted by Crippen LogP contribution is -2.48. The van der Waals surface area contributed by atoms with Crippen LogP contribution in [0.3, 0.4) is 0 Å². The van der Waals surface area contributed by atoms with Crippen molar-refractivity contribution in [1.29, 1.82) is 0 Å². The standard InChI is InChI=1S/C20H22N2O/c1-20(18-12-13-23-22-18)19(16-10-6-3-7-11-16)17(14-21-20)15-8-4-2-5-9-15/h2-11,17,19,21H,12-14H2,1H3/t17-,19+,20-/m1/s1. The molecule has 23 heavy (non-hydrogen) atoms. The van der Waals surface area contributed by atoms with Crippen LogP contribution in [-0.4, -0.2) is 24.4 Å². The van der Waals surface area contributed by atoms with Gasteiger partial charge in [0.2, 0.25) is 0 Å². The minimum atomic E-state index is -0.154. The quantitative estimate of drug-likeness (QED) is 0.938. The summed E-state index contributed by atoms with van der Waals surface area (Å²) in [4.78, 5) is 5.31. The van der Waals surface area contributed by atoms with Crippen LogP contribution in [0.5, 0.6) is 0 Å². The van der Waals surface area contributed by atoms with Gasteiger partial charge in [-0.15, -0.1) is 0 Å². The van der Waals surface area contributed by atoms with E-state index in [-0.39, 0.29) is 5.54 Å². The fraction of sp³-hybridized carbons (Fsp3) is 0.350. The summed E-state index contributed by atoms with van der Waals surface area (Å²) in [5.41, 5.74) is 3.74. The number of nitrogens with one attached hydrogen (secondary N) is 1. The molecule has 4 rings (SSSR count). The van der Waals surface area contributed by atoms with Crippen molar-refractivity contribution in [2.45, 2.75) is 30.7 Å². The molecule has 0 aromatic heterocycles. The second-order valence-corrected chi connectivity index (χ2v) is 6.61. The summed E-state index contributed by atoms with van der Waals surface area (Å²) < 4.78 is 0. The van der Waals surface area contributed by atoms with E-state index >= 15 is 0 Å². The third-order valence-electron chi connectivity index (χ3n) is 5.30. The van der Waals surface area contributed by atoms with Gasteiger partial charge in [-0.2, -0.15) is 0 Å². The highest BCUT2D eigenvalue weighted by atomic mass is 16.6. The number of nitrogens with zero attached hydrogens (tertiary/aromatic N) is 1. The molecule has 2 aromatic rings. The van der Waals surface area contributed by atoms with E-state index in [1.165, 1.54) is 11.1 Å². The van der Waals surface area contributed by atoms with E-state index < -0.39 is 0 Å². The second-order valence-electron chi connectivity index (χ2n) is 6.61. The van der Waals surface area contributed by atoms with Crippen molar-refractivity contribution in [2.24, 2.45) is 5.16 Å². The Bertz CT molecular complexity index is 698. The summed E-state index contributed by atoms with van der Waals surface area (Å²) in [7, 11) is 0. The van der Waals surface area contributed by atoms with Gasteiger partial charge in [0.25, 0.3) is 0 Å². The zero-order chi connectivity index (χ0) is 15.7. The van der Waals surface area contributed by atoms with Gasteiger partial charge in [0.15, 0.2) is 0 Å². The van der Waals surface area contributed by atoms with Gasteiger partial charge in [0, 0.05) is 24.8 Å². The first-order chi connectivity index (χ1) is 11.3. The molecular weight excluding hydrogens is 284 g/mol. The highest BCUT2D eigenvalue weighted by Gasteiger charge is 2.50. The SMILES string of the molecule is C[C@]1(C2=NOCC2)NC[C@H](c2ccccc2)[C@@H]1c1ccccc1. The molecule has 3 heteroatoms. The highest BCUT2D eigenvalue weighted by molar-refractivity contribution is 5.95. The molecule has 0 bridgehead atoms. The lowest BCUT2D eigenvalue weighted by Gasteiger charge is -2.34. The van der Waals surface area contributed by atoms with E-state index in [2.05, 4.69) is 78.1 Å². The van der Waals surface area contributed by atoms with Crippen molar-refractivity contribution < 1.29 is 4.84 Å². The molecular formula is C20H22N2O. The first-order valence-electron chi connectivity index (χ1n) is 8.33. The van der Waals surface area contributed by atoms with E-state index in [0.29, 0.717) is 18.4 Å². The largest absolute Gasteiger partial charge is 0.395 e. The van der Waals surface area contributed by atoms with E-state index in [4.69, 9.17) is 4.84 Å². The minimum Gasteiger partial charge on any atom is -0.395 e. The Labute approximate surface area is 137 Å². The molecule has 1 N–H and O–H groups in total. The van der Waals surface area contributed by atoms with E-state index in [1.54, 1.807) is 0 Å². The van der Waals surface area contributed by atoms with Crippen LogP contribution >= 0.6 is 0 Å². The van der Waals surface area contributed by atoms with Crippen molar-refractivity contribution >= 4 is 5.71 Å². The fourth-order valence-electron chi connectivity index (χ4n) is 4.14. The van der Waals surface area contributed by atoms with Crippen molar-refractivity contribution in [3.8, 4) is 0 Å². The maximum atomic E-state index is 5.31. The molecule has 0 radical (unpaired) electrons. The van der Waals surface area contributed by atoms with Crippen LogP contribution in [0, 0.1) is 0 Å². The van der Waals surface area contributed by atoms with E-state index in [1.807, 2.05) is 0 Å². The molecule has 2 aliphatic heterocycles. The summed E-state index contributed by atoms with van der Waals surface area (Å²) in [5, 5.41) is 8.11. The van der Waals surface area contributed by atoms with E-state index in [9.17, 15) is 0 Å². The maximum Gasteiger partial charge on any atom is 0.122 e. The van der Waals surface area contributed by atoms with Crippen LogP contribution in [0.25, 0.3) is 0 Å². The van der Waals surface area contributed by atoms with Gasteiger partial charge >= 0.3 is 0 Å². The molecule has 1 fully saturated rings. The Kier molecular flexibility index (Phi) is 3.66. The second kappa shape index (κ2) is 5.82. The number of hydrogen-bond acceptors (Lipinski definition) is 3. The number of oxime groups is 1. The van der Waals surface area contributed by atoms with Gasteiger partial charge in [-0.3, -0.25) is 0 Å². The van der Waals surface area contributed by atoms with Crippen LogP contribution < -0.4 is 5.32 Å². The molecule has 2 heterocycles. The summed E-state index contributed by atoms with van der Waals surface area (Å²) >= 11 is 0. The summed E-state index contributed by atoms with van der Waals surface area (Å²) in [6.45, 7) is 3.93.